The molecule has 2 aliphatic rings. The van der Waals surface area contributed by atoms with E-state index in [1.54, 1.807) is 11.2 Å². The van der Waals surface area contributed by atoms with Crippen molar-refractivity contribution in [3.8, 4) is 0 Å². The number of rotatable bonds is 6. The molecule has 0 bridgehead atoms. The van der Waals surface area contributed by atoms with Crippen LogP contribution in [0.5, 0.6) is 0 Å². The third-order valence-corrected chi connectivity index (χ3v) is 6.01. The highest BCUT2D eigenvalue weighted by Crippen LogP contribution is 2.37. The molecule has 1 atom stereocenters. The van der Waals surface area contributed by atoms with Crippen molar-refractivity contribution in [2.24, 2.45) is 11.7 Å². The van der Waals surface area contributed by atoms with Gasteiger partial charge in [-0.25, -0.2) is 8.42 Å². The first-order chi connectivity index (χ1) is 7.43. The maximum absolute atomic E-state index is 12.3. The summed E-state index contributed by atoms with van der Waals surface area (Å²) < 4.78 is 26.2. The van der Waals surface area contributed by atoms with E-state index in [0.29, 0.717) is 12.5 Å². The van der Waals surface area contributed by atoms with Gasteiger partial charge in [0.1, 0.15) is 5.25 Å². The zero-order valence-corrected chi connectivity index (χ0v) is 11.1. The molecule has 0 amide bonds. The minimum atomic E-state index is -3.33. The number of nitrogens with two attached hydrogens (primary N) is 1. The van der Waals surface area contributed by atoms with E-state index in [9.17, 15) is 8.42 Å². The first kappa shape index (κ1) is 12.3. The molecule has 0 heterocycles. The Morgan fingerprint density at radius 3 is 2.38 bits per heavy atom. The highest BCUT2D eigenvalue weighted by molar-refractivity contribution is 7.92. The second-order valence-corrected chi connectivity index (χ2v) is 7.51. The molecule has 0 aromatic rings. The molecule has 0 saturated heterocycles. The monoisotopic (exact) mass is 262 g/mol. The van der Waals surface area contributed by atoms with E-state index < -0.39 is 15.3 Å². The van der Waals surface area contributed by atoms with Crippen molar-refractivity contribution in [2.75, 3.05) is 6.54 Å². The van der Waals surface area contributed by atoms with E-state index in [2.05, 4.69) is 0 Å². The molecule has 1 unspecified atom stereocenters. The molecule has 0 radical (unpaired) electrons. The van der Waals surface area contributed by atoms with Crippen molar-refractivity contribution in [3.05, 3.63) is 0 Å². The molecule has 0 aromatic heterocycles. The molecule has 0 aromatic carbocycles. The zero-order chi connectivity index (χ0) is 11.9. The molecule has 2 saturated carbocycles. The highest BCUT2D eigenvalue weighted by Gasteiger charge is 2.43. The molecule has 92 valence electrons. The summed E-state index contributed by atoms with van der Waals surface area (Å²) in [7, 11) is -3.33. The predicted molar refractivity (Wildman–Crippen MR) is 67.6 cm³/mol. The molecule has 2 aliphatic carbocycles. The topological polar surface area (TPSA) is 63.4 Å². The van der Waals surface area contributed by atoms with Crippen molar-refractivity contribution in [1.29, 1.82) is 0 Å². The van der Waals surface area contributed by atoms with Crippen LogP contribution in [0.3, 0.4) is 0 Å². The van der Waals surface area contributed by atoms with Gasteiger partial charge in [-0.2, -0.15) is 4.31 Å². The standard InChI is InChI=1S/C10H18N2O2S2/c1-7(10(11)15)16(13,14)12(9-4-5-9)6-8-2-3-8/h7-9H,2-6H2,1H3,(H2,11,15). The van der Waals surface area contributed by atoms with Crippen LogP contribution in [0.15, 0.2) is 0 Å². The fourth-order valence-corrected chi connectivity index (χ4v) is 3.84. The van der Waals surface area contributed by atoms with E-state index in [-0.39, 0.29) is 11.0 Å². The van der Waals surface area contributed by atoms with Crippen molar-refractivity contribution in [2.45, 2.75) is 43.9 Å². The Morgan fingerprint density at radius 2 is 2.00 bits per heavy atom. The van der Waals surface area contributed by atoms with Crippen LogP contribution < -0.4 is 5.73 Å². The summed E-state index contributed by atoms with van der Waals surface area (Å²) in [6.45, 7) is 2.25. The number of hydrogen-bond donors (Lipinski definition) is 1. The number of sulfonamides is 1. The van der Waals surface area contributed by atoms with Crippen LogP contribution in [0, 0.1) is 5.92 Å². The minimum absolute atomic E-state index is 0.0708. The molecular formula is C10H18N2O2S2. The first-order valence-electron chi connectivity index (χ1n) is 5.73. The van der Waals surface area contributed by atoms with Gasteiger partial charge in [0, 0.05) is 12.6 Å². The first-order valence-corrected chi connectivity index (χ1v) is 7.64. The summed E-state index contributed by atoms with van der Waals surface area (Å²) in [5.41, 5.74) is 5.45. The Bertz CT molecular complexity index is 386. The molecule has 0 aliphatic heterocycles. The van der Waals surface area contributed by atoms with Gasteiger partial charge >= 0.3 is 0 Å². The van der Waals surface area contributed by atoms with Crippen LogP contribution >= 0.6 is 12.2 Å². The summed E-state index contributed by atoms with van der Waals surface area (Å²) >= 11 is 4.79. The quantitative estimate of drug-likeness (QED) is 0.721. The second kappa shape index (κ2) is 4.23. The molecule has 16 heavy (non-hydrogen) atoms. The van der Waals surface area contributed by atoms with Crippen LogP contribution in [0.2, 0.25) is 0 Å². The SMILES string of the molecule is CC(C(N)=S)S(=O)(=O)N(CC1CC1)C1CC1. The van der Waals surface area contributed by atoms with Gasteiger partial charge in [-0.3, -0.25) is 0 Å². The van der Waals surface area contributed by atoms with Crippen LogP contribution in [0.25, 0.3) is 0 Å². The largest absolute Gasteiger partial charge is 0.392 e. The molecule has 2 N–H and O–H groups in total. The molecular weight excluding hydrogens is 244 g/mol. The minimum Gasteiger partial charge on any atom is -0.392 e. The fourth-order valence-electron chi connectivity index (χ4n) is 1.73. The number of thiocarbonyl (C=S) groups is 1. The van der Waals surface area contributed by atoms with E-state index in [0.717, 1.165) is 25.7 Å². The van der Waals surface area contributed by atoms with E-state index in [1.807, 2.05) is 0 Å². The Morgan fingerprint density at radius 1 is 1.44 bits per heavy atom. The lowest BCUT2D eigenvalue weighted by atomic mass is 10.4. The Labute approximate surface area is 102 Å². The van der Waals surface area contributed by atoms with Gasteiger partial charge in [-0.05, 0) is 38.5 Å². The normalized spacial score (nSPS) is 23.4. The van der Waals surface area contributed by atoms with Gasteiger partial charge in [-0.15, -0.1) is 0 Å². The maximum atomic E-state index is 12.3. The van der Waals surface area contributed by atoms with Crippen LogP contribution in [0.4, 0.5) is 0 Å². The van der Waals surface area contributed by atoms with Gasteiger partial charge in [0.05, 0.1) is 4.99 Å². The average molecular weight is 262 g/mol. The summed E-state index contributed by atoms with van der Waals surface area (Å²) in [4.78, 5) is 0.0708. The van der Waals surface area contributed by atoms with Crippen LogP contribution in [-0.4, -0.2) is 35.5 Å². The molecule has 2 fully saturated rings. The van der Waals surface area contributed by atoms with Crippen molar-refractivity contribution in [3.63, 3.8) is 0 Å². The average Bonchev–Trinajstić information content (AvgIpc) is 3.03. The molecule has 2 rings (SSSR count). The van der Waals surface area contributed by atoms with Gasteiger partial charge in [0.25, 0.3) is 0 Å². The smallest absolute Gasteiger partial charge is 0.223 e. The lowest BCUT2D eigenvalue weighted by molar-refractivity contribution is 0.387. The summed E-state index contributed by atoms with van der Waals surface area (Å²) in [5.74, 6) is 0.564. The Kier molecular flexibility index (Phi) is 3.25. The van der Waals surface area contributed by atoms with Crippen molar-refractivity contribution >= 4 is 27.2 Å². The Balaban J connectivity index is 2.13. The third-order valence-electron chi connectivity index (χ3n) is 3.26. The van der Waals surface area contributed by atoms with E-state index >= 15 is 0 Å². The lowest BCUT2D eigenvalue weighted by Gasteiger charge is -2.25. The number of hydrogen-bond acceptors (Lipinski definition) is 3. The summed E-state index contributed by atoms with van der Waals surface area (Å²) in [5, 5.41) is -0.734. The van der Waals surface area contributed by atoms with E-state index in [4.69, 9.17) is 18.0 Å². The Hall–Kier alpha value is -0.200. The molecule has 4 nitrogen and oxygen atoms in total. The zero-order valence-electron chi connectivity index (χ0n) is 9.43. The van der Waals surface area contributed by atoms with Gasteiger partial charge in [-0.1, -0.05) is 12.2 Å². The highest BCUT2D eigenvalue weighted by atomic mass is 32.2. The molecule has 0 spiro atoms. The van der Waals surface area contributed by atoms with Gasteiger partial charge in [0.15, 0.2) is 0 Å². The van der Waals surface area contributed by atoms with Crippen molar-refractivity contribution in [1.82, 2.24) is 4.31 Å². The van der Waals surface area contributed by atoms with Crippen LogP contribution in [-0.2, 0) is 10.0 Å². The molecule has 6 heteroatoms. The van der Waals surface area contributed by atoms with Gasteiger partial charge in [0.2, 0.25) is 10.0 Å². The van der Waals surface area contributed by atoms with Crippen LogP contribution in [0.1, 0.15) is 32.6 Å². The summed E-state index contributed by atoms with van der Waals surface area (Å²) in [6, 6.07) is 0.211. The summed E-state index contributed by atoms with van der Waals surface area (Å²) in [6.07, 6.45) is 4.27. The van der Waals surface area contributed by atoms with Crippen molar-refractivity contribution < 1.29 is 8.42 Å². The second-order valence-electron chi connectivity index (χ2n) is 4.83. The fraction of sp³-hybridized carbons (Fsp3) is 0.900. The maximum Gasteiger partial charge on any atom is 0.223 e. The van der Waals surface area contributed by atoms with Gasteiger partial charge < -0.3 is 5.73 Å². The van der Waals surface area contributed by atoms with E-state index in [1.165, 1.54) is 0 Å². The lowest BCUT2D eigenvalue weighted by Crippen LogP contribution is -2.44. The predicted octanol–water partition coefficient (Wildman–Crippen LogP) is 0.865. The third kappa shape index (κ3) is 2.55. The number of nitrogens with zero attached hydrogens (tertiary/aromatic N) is 1.